The summed E-state index contributed by atoms with van der Waals surface area (Å²) in [5, 5.41) is 9.09. The molecule has 72 valence electrons. The second kappa shape index (κ2) is 4.06. The molecule has 0 saturated carbocycles. The fraction of sp³-hybridized carbons (Fsp3) is 0.333. The van der Waals surface area contributed by atoms with Crippen molar-refractivity contribution in [2.75, 3.05) is 0 Å². The molecule has 0 saturated heterocycles. The Morgan fingerprint density at radius 3 is 2.43 bits per heavy atom. The van der Waals surface area contributed by atoms with Gasteiger partial charge in [0, 0.05) is 6.42 Å². The van der Waals surface area contributed by atoms with Crippen molar-refractivity contribution in [3.8, 4) is 6.07 Å². The first kappa shape index (κ1) is 10.5. The molecule has 0 aromatic heterocycles. The molecule has 1 atom stereocenters. The molecule has 1 aromatic carbocycles. The second-order valence-electron chi connectivity index (χ2n) is 3.69. The first-order chi connectivity index (χ1) is 6.58. The molecule has 0 fully saturated rings. The van der Waals surface area contributed by atoms with Crippen molar-refractivity contribution in [2.24, 2.45) is 0 Å². The highest BCUT2D eigenvalue weighted by molar-refractivity contribution is 5.77. The van der Waals surface area contributed by atoms with Crippen LogP contribution in [0.2, 0.25) is 0 Å². The van der Waals surface area contributed by atoms with Crippen LogP contribution in [-0.2, 0) is 10.2 Å². The molecule has 1 rings (SSSR count). The highest BCUT2D eigenvalue weighted by Gasteiger charge is 2.27. The molecule has 0 N–H and O–H groups in total. The summed E-state index contributed by atoms with van der Waals surface area (Å²) in [4.78, 5) is 11.0. The van der Waals surface area contributed by atoms with Gasteiger partial charge in [0.2, 0.25) is 0 Å². The lowest BCUT2D eigenvalue weighted by atomic mass is 9.80. The van der Waals surface area contributed by atoms with Gasteiger partial charge in [-0.05, 0) is 19.4 Å². The number of carbonyl (C=O) groups is 1. The lowest BCUT2D eigenvalue weighted by molar-refractivity contribution is -0.117. The van der Waals surface area contributed by atoms with E-state index in [4.69, 9.17) is 5.26 Å². The van der Waals surface area contributed by atoms with Gasteiger partial charge in [-0.1, -0.05) is 30.3 Å². The topological polar surface area (TPSA) is 40.9 Å². The third kappa shape index (κ3) is 2.20. The lowest BCUT2D eigenvalue weighted by Crippen LogP contribution is -2.22. The van der Waals surface area contributed by atoms with E-state index in [9.17, 15) is 4.79 Å². The van der Waals surface area contributed by atoms with Crippen molar-refractivity contribution in [2.45, 2.75) is 25.7 Å². The van der Waals surface area contributed by atoms with Gasteiger partial charge in [0.1, 0.15) is 5.78 Å². The first-order valence-electron chi connectivity index (χ1n) is 4.55. The first-order valence-corrected chi connectivity index (χ1v) is 4.55. The van der Waals surface area contributed by atoms with E-state index in [0.717, 1.165) is 5.56 Å². The van der Waals surface area contributed by atoms with Gasteiger partial charge in [-0.25, -0.2) is 0 Å². The van der Waals surface area contributed by atoms with Gasteiger partial charge in [0.15, 0.2) is 0 Å². The highest BCUT2D eigenvalue weighted by atomic mass is 16.1. The molecule has 2 heteroatoms. The van der Waals surface area contributed by atoms with Crippen LogP contribution in [-0.4, -0.2) is 5.78 Å². The molecule has 14 heavy (non-hydrogen) atoms. The number of ketones is 1. The molecule has 2 nitrogen and oxygen atoms in total. The summed E-state index contributed by atoms with van der Waals surface area (Å²) in [6.45, 7) is 3.31. The quantitative estimate of drug-likeness (QED) is 0.729. The fourth-order valence-corrected chi connectivity index (χ4v) is 1.51. The van der Waals surface area contributed by atoms with E-state index in [1.54, 1.807) is 6.92 Å². The van der Waals surface area contributed by atoms with Crippen molar-refractivity contribution < 1.29 is 4.79 Å². The normalized spacial score (nSPS) is 14.1. The second-order valence-corrected chi connectivity index (χ2v) is 3.69. The summed E-state index contributed by atoms with van der Waals surface area (Å²) in [5.41, 5.74) is 0.213. The average molecular weight is 187 g/mol. The molecule has 0 spiro atoms. The van der Waals surface area contributed by atoms with Crippen LogP contribution in [0.1, 0.15) is 25.8 Å². The summed E-state index contributed by atoms with van der Waals surface area (Å²) in [6.07, 6.45) is 0.271. The molecule has 0 heterocycles. The van der Waals surface area contributed by atoms with Crippen molar-refractivity contribution in [3.05, 3.63) is 35.9 Å². The molecule has 0 bridgehead atoms. The molecule has 0 amide bonds. The molecular formula is C12H13NO. The number of hydrogen-bond acceptors (Lipinski definition) is 2. The number of rotatable bonds is 3. The number of hydrogen-bond donors (Lipinski definition) is 0. The van der Waals surface area contributed by atoms with Crippen LogP contribution in [0.5, 0.6) is 0 Å². The molecule has 0 aliphatic carbocycles. The summed E-state index contributed by atoms with van der Waals surface area (Å²) in [6, 6.07) is 11.6. The van der Waals surface area contributed by atoms with Gasteiger partial charge in [0.25, 0.3) is 0 Å². The Hall–Kier alpha value is -1.62. The number of Topliss-reactive ketones (excluding diaryl/α,β-unsaturated/α-hetero) is 1. The van der Waals surface area contributed by atoms with Gasteiger partial charge in [-0.15, -0.1) is 0 Å². The maximum Gasteiger partial charge on any atom is 0.131 e. The van der Waals surface area contributed by atoms with Gasteiger partial charge in [-0.3, -0.25) is 4.79 Å². The molecule has 1 aromatic rings. The van der Waals surface area contributed by atoms with Gasteiger partial charge >= 0.3 is 0 Å². The van der Waals surface area contributed by atoms with Crippen LogP contribution in [0.4, 0.5) is 0 Å². The average Bonchev–Trinajstić information content (AvgIpc) is 2.18. The van der Waals surface area contributed by atoms with Crippen molar-refractivity contribution in [1.29, 1.82) is 5.26 Å². The van der Waals surface area contributed by atoms with E-state index in [0.29, 0.717) is 0 Å². The highest BCUT2D eigenvalue weighted by Crippen LogP contribution is 2.26. The fourth-order valence-electron chi connectivity index (χ4n) is 1.51. The predicted molar refractivity (Wildman–Crippen MR) is 54.7 cm³/mol. The lowest BCUT2D eigenvalue weighted by Gasteiger charge is -2.20. The van der Waals surface area contributed by atoms with Gasteiger partial charge < -0.3 is 0 Å². The summed E-state index contributed by atoms with van der Waals surface area (Å²) in [5.74, 6) is 0.0397. The molecule has 1 unspecified atom stereocenters. The summed E-state index contributed by atoms with van der Waals surface area (Å²) in [7, 11) is 0. The number of benzene rings is 1. The van der Waals surface area contributed by atoms with Crippen LogP contribution in [0.3, 0.4) is 0 Å². The number of nitrogens with zero attached hydrogens (tertiary/aromatic N) is 1. The van der Waals surface area contributed by atoms with Crippen LogP contribution in [0.15, 0.2) is 30.3 Å². The summed E-state index contributed by atoms with van der Waals surface area (Å²) < 4.78 is 0. The van der Waals surface area contributed by atoms with Crippen molar-refractivity contribution in [1.82, 2.24) is 0 Å². The number of carbonyl (C=O) groups excluding carboxylic acids is 1. The Morgan fingerprint density at radius 1 is 1.43 bits per heavy atom. The maximum atomic E-state index is 11.0. The van der Waals surface area contributed by atoms with Crippen LogP contribution < -0.4 is 0 Å². The minimum Gasteiger partial charge on any atom is -0.300 e. The maximum absolute atomic E-state index is 11.0. The minimum absolute atomic E-state index is 0.0397. The minimum atomic E-state index is -0.687. The van der Waals surface area contributed by atoms with E-state index in [2.05, 4.69) is 6.07 Å². The molecular weight excluding hydrogens is 174 g/mol. The van der Waals surface area contributed by atoms with Gasteiger partial charge in [-0.2, -0.15) is 5.26 Å². The Bertz CT molecular complexity index is 364. The zero-order chi connectivity index (χ0) is 10.6. The molecule has 0 radical (unpaired) electrons. The molecule has 0 aliphatic rings. The third-order valence-corrected chi connectivity index (χ3v) is 2.26. The van der Waals surface area contributed by atoms with E-state index in [1.807, 2.05) is 30.3 Å². The predicted octanol–water partition coefficient (Wildman–Crippen LogP) is 2.45. The largest absolute Gasteiger partial charge is 0.300 e. The monoisotopic (exact) mass is 187 g/mol. The van der Waals surface area contributed by atoms with E-state index >= 15 is 0 Å². The summed E-state index contributed by atoms with van der Waals surface area (Å²) >= 11 is 0. The van der Waals surface area contributed by atoms with E-state index in [-0.39, 0.29) is 12.2 Å². The van der Waals surface area contributed by atoms with E-state index in [1.165, 1.54) is 6.92 Å². The Labute approximate surface area is 84.2 Å². The van der Waals surface area contributed by atoms with E-state index < -0.39 is 5.41 Å². The van der Waals surface area contributed by atoms with Crippen LogP contribution in [0, 0.1) is 11.3 Å². The third-order valence-electron chi connectivity index (χ3n) is 2.26. The molecule has 0 aliphatic heterocycles. The standard InChI is InChI=1S/C12H13NO/c1-10(14)8-12(2,9-13)11-6-4-3-5-7-11/h3-7H,8H2,1-2H3. The van der Waals surface area contributed by atoms with Crippen molar-refractivity contribution >= 4 is 5.78 Å². The Kier molecular flexibility index (Phi) is 3.03. The Morgan fingerprint density at radius 2 is 2.00 bits per heavy atom. The van der Waals surface area contributed by atoms with Gasteiger partial charge in [0.05, 0.1) is 11.5 Å². The zero-order valence-electron chi connectivity index (χ0n) is 8.45. The number of nitriles is 1. The van der Waals surface area contributed by atoms with Crippen LogP contribution in [0.25, 0.3) is 0 Å². The van der Waals surface area contributed by atoms with Crippen molar-refractivity contribution in [3.63, 3.8) is 0 Å². The van der Waals surface area contributed by atoms with Crippen LogP contribution >= 0.6 is 0 Å². The SMILES string of the molecule is CC(=O)CC(C)(C#N)c1ccccc1. The smallest absolute Gasteiger partial charge is 0.131 e. The Balaban J connectivity index is 3.03. The zero-order valence-corrected chi connectivity index (χ0v) is 8.45.